The van der Waals surface area contributed by atoms with Crippen LogP contribution < -0.4 is 10.9 Å². The minimum absolute atomic E-state index is 0.0131. The number of fused-ring (bicyclic) bond motifs is 1. The molecule has 0 radical (unpaired) electrons. The Morgan fingerprint density at radius 1 is 1.38 bits per heavy atom. The van der Waals surface area contributed by atoms with Crippen LogP contribution in [0.4, 0.5) is 14.6 Å². The topological polar surface area (TPSA) is 64.0 Å². The van der Waals surface area contributed by atoms with E-state index >= 15 is 0 Å². The molecule has 1 aromatic carbocycles. The van der Waals surface area contributed by atoms with Crippen molar-refractivity contribution in [3.63, 3.8) is 0 Å². The molecule has 0 spiro atoms. The number of carbonyl (C=O) groups is 1. The Hall–Kier alpha value is -2.22. The Morgan fingerprint density at radius 3 is 2.83 bits per heavy atom. The number of aromatic nitrogens is 2. The Morgan fingerprint density at radius 2 is 2.12 bits per heavy atom. The van der Waals surface area contributed by atoms with Gasteiger partial charge in [0.25, 0.3) is 5.56 Å². The summed E-state index contributed by atoms with van der Waals surface area (Å²) in [5.41, 5.74) is -0.365. The van der Waals surface area contributed by atoms with Gasteiger partial charge in [0.1, 0.15) is 5.82 Å². The Balaban J connectivity index is 2.24. The quantitative estimate of drug-likeness (QED) is 0.682. The maximum atomic E-state index is 14.2. The maximum absolute atomic E-state index is 14.2. The molecule has 1 unspecified atom stereocenters. The molecule has 0 aliphatic carbocycles. The third-order valence-electron chi connectivity index (χ3n) is 3.93. The average Bonchev–Trinajstić information content (AvgIpc) is 2.54. The predicted octanol–water partition coefficient (Wildman–Crippen LogP) is 2.64. The van der Waals surface area contributed by atoms with Gasteiger partial charge in [-0.3, -0.25) is 9.59 Å². The first-order valence-electron chi connectivity index (χ1n) is 7.41. The van der Waals surface area contributed by atoms with Crippen molar-refractivity contribution in [2.24, 2.45) is 7.05 Å². The summed E-state index contributed by atoms with van der Waals surface area (Å²) in [5.74, 6) is -2.29. The highest BCUT2D eigenvalue weighted by molar-refractivity contribution is 7.99. The van der Waals surface area contributed by atoms with Gasteiger partial charge < -0.3 is 9.88 Å². The first-order valence-corrected chi connectivity index (χ1v) is 8.40. The molecule has 2 aromatic rings. The van der Waals surface area contributed by atoms with Crippen LogP contribution in [-0.2, 0) is 11.8 Å². The highest BCUT2D eigenvalue weighted by Gasteiger charge is 2.34. The number of anilines is 1. The molecule has 0 fully saturated rings. The van der Waals surface area contributed by atoms with Crippen LogP contribution in [0.2, 0.25) is 0 Å². The number of benzene rings is 1. The van der Waals surface area contributed by atoms with Crippen LogP contribution >= 0.6 is 11.8 Å². The molecule has 1 amide bonds. The smallest absolute Gasteiger partial charge is 0.279 e. The molecule has 1 N–H and O–H groups in total. The lowest BCUT2D eigenvalue weighted by atomic mass is 9.86. The molecule has 1 aliphatic heterocycles. The van der Waals surface area contributed by atoms with Gasteiger partial charge in [0, 0.05) is 19.4 Å². The molecular formula is C16H15F2N3O2S. The first-order chi connectivity index (χ1) is 11.4. The number of nitrogens with zero attached hydrogens (tertiary/aromatic N) is 2. The molecule has 8 heteroatoms. The van der Waals surface area contributed by atoms with Crippen molar-refractivity contribution in [2.45, 2.75) is 24.4 Å². The monoisotopic (exact) mass is 351 g/mol. The molecule has 0 saturated heterocycles. The van der Waals surface area contributed by atoms with Crippen LogP contribution in [0, 0.1) is 11.6 Å². The highest BCUT2D eigenvalue weighted by Crippen LogP contribution is 2.37. The second-order valence-corrected chi connectivity index (χ2v) is 6.63. The van der Waals surface area contributed by atoms with Crippen molar-refractivity contribution in [1.82, 2.24) is 9.55 Å². The second-order valence-electron chi connectivity index (χ2n) is 5.40. The SMILES string of the molecule is CCSc1nc(=O)c2c(n1C)NC(=O)CC2c1cccc(F)c1F. The fourth-order valence-electron chi connectivity index (χ4n) is 2.85. The van der Waals surface area contributed by atoms with E-state index in [9.17, 15) is 18.4 Å². The van der Waals surface area contributed by atoms with E-state index in [2.05, 4.69) is 10.3 Å². The summed E-state index contributed by atoms with van der Waals surface area (Å²) >= 11 is 1.36. The number of amides is 1. The fraction of sp³-hybridized carbons (Fsp3) is 0.312. The summed E-state index contributed by atoms with van der Waals surface area (Å²) in [6.07, 6.45) is -0.134. The van der Waals surface area contributed by atoms with Crippen molar-refractivity contribution >= 4 is 23.5 Å². The van der Waals surface area contributed by atoms with Gasteiger partial charge >= 0.3 is 0 Å². The van der Waals surface area contributed by atoms with E-state index in [1.54, 1.807) is 11.6 Å². The summed E-state index contributed by atoms with van der Waals surface area (Å²) in [5, 5.41) is 3.12. The Labute approximate surface area is 141 Å². The van der Waals surface area contributed by atoms with Gasteiger partial charge in [-0.25, -0.2) is 8.78 Å². The zero-order valence-corrected chi connectivity index (χ0v) is 13.9. The summed E-state index contributed by atoms with van der Waals surface area (Å²) in [6.45, 7) is 1.92. The van der Waals surface area contributed by atoms with Gasteiger partial charge in [-0.15, -0.1) is 0 Å². The third kappa shape index (κ3) is 2.71. The number of carbonyl (C=O) groups excluding carboxylic acids is 1. The lowest BCUT2D eigenvalue weighted by molar-refractivity contribution is -0.116. The zero-order chi connectivity index (χ0) is 17.4. The van der Waals surface area contributed by atoms with Crippen LogP contribution in [0.25, 0.3) is 0 Å². The molecule has 5 nitrogen and oxygen atoms in total. The van der Waals surface area contributed by atoms with E-state index in [0.29, 0.717) is 10.9 Å². The molecule has 1 atom stereocenters. The summed E-state index contributed by atoms with van der Waals surface area (Å²) in [6, 6.07) is 3.75. The molecule has 0 saturated carbocycles. The van der Waals surface area contributed by atoms with Crippen LogP contribution in [0.1, 0.15) is 30.4 Å². The third-order valence-corrected chi connectivity index (χ3v) is 4.84. The summed E-state index contributed by atoms with van der Waals surface area (Å²) in [7, 11) is 1.67. The normalized spacial score (nSPS) is 16.7. The van der Waals surface area contributed by atoms with E-state index in [0.717, 1.165) is 6.07 Å². The highest BCUT2D eigenvalue weighted by atomic mass is 32.2. The minimum atomic E-state index is -1.04. The Bertz CT molecular complexity index is 882. The van der Waals surface area contributed by atoms with Crippen molar-refractivity contribution in [3.8, 4) is 0 Å². The largest absolute Gasteiger partial charge is 0.312 e. The van der Waals surface area contributed by atoms with Gasteiger partial charge in [-0.05, 0) is 17.4 Å². The summed E-state index contributed by atoms with van der Waals surface area (Å²) < 4.78 is 29.4. The van der Waals surface area contributed by atoms with Gasteiger partial charge in [0.05, 0.1) is 5.56 Å². The lowest BCUT2D eigenvalue weighted by Crippen LogP contribution is -2.34. The van der Waals surface area contributed by atoms with Crippen LogP contribution in [-0.4, -0.2) is 21.2 Å². The number of halogens is 2. The number of nitrogens with one attached hydrogen (secondary N) is 1. The number of thioether (sulfide) groups is 1. The van der Waals surface area contributed by atoms with Crippen LogP contribution in [0.15, 0.2) is 28.2 Å². The molecule has 1 aliphatic rings. The average molecular weight is 351 g/mol. The molecule has 1 aromatic heterocycles. The van der Waals surface area contributed by atoms with Crippen molar-refractivity contribution in [2.75, 3.05) is 11.1 Å². The molecule has 126 valence electrons. The van der Waals surface area contributed by atoms with E-state index in [1.165, 1.54) is 23.9 Å². The minimum Gasteiger partial charge on any atom is -0.312 e. The zero-order valence-electron chi connectivity index (χ0n) is 13.1. The van der Waals surface area contributed by atoms with E-state index in [-0.39, 0.29) is 29.3 Å². The standard InChI is InChI=1S/C16H15F2N3O2S/c1-3-24-16-20-15(23)12-9(7-11(22)19-14(12)21(16)2)8-5-4-6-10(17)13(8)18/h4-6,9H,3,7H2,1-2H3,(H,19,22). The number of hydrogen-bond donors (Lipinski definition) is 1. The summed E-state index contributed by atoms with van der Waals surface area (Å²) in [4.78, 5) is 28.6. The predicted molar refractivity (Wildman–Crippen MR) is 87.3 cm³/mol. The fourth-order valence-corrected chi connectivity index (χ4v) is 3.54. The molecule has 2 heterocycles. The van der Waals surface area contributed by atoms with E-state index in [1.807, 2.05) is 6.92 Å². The maximum Gasteiger partial charge on any atom is 0.279 e. The van der Waals surface area contributed by atoms with E-state index in [4.69, 9.17) is 0 Å². The van der Waals surface area contributed by atoms with Gasteiger partial charge in [-0.2, -0.15) is 4.98 Å². The van der Waals surface area contributed by atoms with Crippen molar-refractivity contribution < 1.29 is 13.6 Å². The van der Waals surface area contributed by atoms with Gasteiger partial charge in [0.15, 0.2) is 16.8 Å². The Kier molecular flexibility index (Phi) is 4.40. The van der Waals surface area contributed by atoms with Crippen molar-refractivity contribution in [1.29, 1.82) is 0 Å². The lowest BCUT2D eigenvalue weighted by Gasteiger charge is -2.27. The van der Waals surface area contributed by atoms with Gasteiger partial charge in [-0.1, -0.05) is 30.8 Å². The molecule has 0 bridgehead atoms. The first kappa shape index (κ1) is 16.6. The second kappa shape index (κ2) is 6.35. The molecular weight excluding hydrogens is 336 g/mol. The molecule has 3 rings (SSSR count). The number of hydrogen-bond acceptors (Lipinski definition) is 4. The van der Waals surface area contributed by atoms with E-state index < -0.39 is 23.1 Å². The van der Waals surface area contributed by atoms with Crippen molar-refractivity contribution in [3.05, 3.63) is 51.3 Å². The molecule has 24 heavy (non-hydrogen) atoms. The van der Waals surface area contributed by atoms with Crippen LogP contribution in [0.5, 0.6) is 0 Å². The number of rotatable bonds is 3. The van der Waals surface area contributed by atoms with Gasteiger partial charge in [0.2, 0.25) is 5.91 Å². The van der Waals surface area contributed by atoms with Crippen LogP contribution in [0.3, 0.4) is 0 Å².